The van der Waals surface area contributed by atoms with E-state index in [0.29, 0.717) is 23.0 Å². The molecule has 2 aromatic rings. The van der Waals surface area contributed by atoms with Gasteiger partial charge in [0.25, 0.3) is 5.56 Å². The lowest BCUT2D eigenvalue weighted by Gasteiger charge is -2.42. The molecule has 3 heterocycles. The number of rotatable bonds is 2. The highest BCUT2D eigenvalue weighted by Gasteiger charge is 2.32. The Morgan fingerprint density at radius 1 is 1.21 bits per heavy atom. The number of benzene rings is 1. The first kappa shape index (κ1) is 16.9. The van der Waals surface area contributed by atoms with Crippen LogP contribution in [0.3, 0.4) is 0 Å². The molecule has 2 aliphatic heterocycles. The molecule has 2 fully saturated rings. The molecule has 7 heteroatoms. The maximum atomic E-state index is 12.6. The van der Waals surface area contributed by atoms with Crippen LogP contribution >= 0.6 is 12.4 Å². The van der Waals surface area contributed by atoms with E-state index in [0.717, 1.165) is 25.9 Å². The molecule has 2 saturated heterocycles. The van der Waals surface area contributed by atoms with Crippen molar-refractivity contribution in [2.45, 2.75) is 37.9 Å². The zero-order chi connectivity index (χ0) is 15.8. The first-order valence-corrected chi connectivity index (χ1v) is 8.19. The predicted octanol–water partition coefficient (Wildman–Crippen LogP) is 1.17. The van der Waals surface area contributed by atoms with E-state index in [-0.39, 0.29) is 30.4 Å². The number of amides is 1. The van der Waals surface area contributed by atoms with Crippen LogP contribution in [0.4, 0.5) is 0 Å². The summed E-state index contributed by atoms with van der Waals surface area (Å²) in [5, 5.41) is 4.12. The number of para-hydroxylation sites is 1. The standard InChI is InChI=1S/C17H20N4O2.ClH/c22-16(20-8-12-4-3-5-13(9-20)19-12)10-21-11-18-15-7-2-1-6-14(15)17(21)23;/h1-2,6-7,11-13,19H,3-5,8-10H2;1H. The Labute approximate surface area is 146 Å². The fourth-order valence-electron chi connectivity index (χ4n) is 3.67. The van der Waals surface area contributed by atoms with Crippen molar-refractivity contribution in [1.82, 2.24) is 19.8 Å². The van der Waals surface area contributed by atoms with Gasteiger partial charge in [-0.15, -0.1) is 12.4 Å². The highest BCUT2D eigenvalue weighted by atomic mass is 35.5. The number of carbonyl (C=O) groups excluding carboxylic acids is 1. The lowest BCUT2D eigenvalue weighted by molar-refractivity contribution is -0.134. The molecule has 1 aromatic carbocycles. The Balaban J connectivity index is 0.00000169. The van der Waals surface area contributed by atoms with E-state index in [4.69, 9.17) is 0 Å². The lowest BCUT2D eigenvalue weighted by Crippen LogP contribution is -2.60. The minimum atomic E-state index is -0.153. The highest BCUT2D eigenvalue weighted by Crippen LogP contribution is 2.19. The van der Waals surface area contributed by atoms with Gasteiger partial charge in [-0.05, 0) is 25.0 Å². The molecule has 0 saturated carbocycles. The van der Waals surface area contributed by atoms with E-state index in [1.54, 1.807) is 12.1 Å². The summed E-state index contributed by atoms with van der Waals surface area (Å²) in [4.78, 5) is 31.3. The Kier molecular flexibility index (Phi) is 4.87. The second-order valence-corrected chi connectivity index (χ2v) is 6.48. The molecule has 1 N–H and O–H groups in total. The second kappa shape index (κ2) is 6.91. The van der Waals surface area contributed by atoms with E-state index in [1.807, 2.05) is 17.0 Å². The van der Waals surface area contributed by atoms with Crippen molar-refractivity contribution in [1.29, 1.82) is 0 Å². The van der Waals surface area contributed by atoms with Crippen LogP contribution in [0, 0.1) is 0 Å². The molecule has 128 valence electrons. The third kappa shape index (κ3) is 3.16. The zero-order valence-electron chi connectivity index (χ0n) is 13.4. The Bertz CT molecular complexity index is 795. The SMILES string of the molecule is Cl.O=C(Cn1cnc2ccccc2c1=O)N1CC2CCCC(C1)N2. The topological polar surface area (TPSA) is 67.2 Å². The second-order valence-electron chi connectivity index (χ2n) is 6.48. The van der Waals surface area contributed by atoms with Crippen LogP contribution in [0.15, 0.2) is 35.4 Å². The minimum Gasteiger partial charge on any atom is -0.338 e. The summed E-state index contributed by atoms with van der Waals surface area (Å²) in [7, 11) is 0. The largest absolute Gasteiger partial charge is 0.338 e. The normalized spacial score (nSPS) is 22.9. The first-order chi connectivity index (χ1) is 11.2. The average molecular weight is 349 g/mol. The van der Waals surface area contributed by atoms with Crippen LogP contribution in [0.1, 0.15) is 19.3 Å². The maximum absolute atomic E-state index is 12.6. The summed E-state index contributed by atoms with van der Waals surface area (Å²) in [6, 6.07) is 8.02. The van der Waals surface area contributed by atoms with Gasteiger partial charge < -0.3 is 10.2 Å². The van der Waals surface area contributed by atoms with Crippen LogP contribution < -0.4 is 10.9 Å². The smallest absolute Gasteiger partial charge is 0.261 e. The van der Waals surface area contributed by atoms with Gasteiger partial charge in [0.2, 0.25) is 5.91 Å². The van der Waals surface area contributed by atoms with E-state index in [2.05, 4.69) is 10.3 Å². The van der Waals surface area contributed by atoms with Gasteiger partial charge in [-0.2, -0.15) is 0 Å². The van der Waals surface area contributed by atoms with Gasteiger partial charge in [-0.1, -0.05) is 18.6 Å². The summed E-state index contributed by atoms with van der Waals surface area (Å²) in [6.07, 6.45) is 4.96. The molecule has 2 atom stereocenters. The fourth-order valence-corrected chi connectivity index (χ4v) is 3.67. The molecule has 0 radical (unpaired) electrons. The Morgan fingerprint density at radius 2 is 1.92 bits per heavy atom. The Hall–Kier alpha value is -1.92. The number of halogens is 1. The number of piperazine rings is 1. The van der Waals surface area contributed by atoms with Crippen LogP contribution in [0.5, 0.6) is 0 Å². The van der Waals surface area contributed by atoms with Crippen LogP contribution in [0.25, 0.3) is 10.9 Å². The monoisotopic (exact) mass is 348 g/mol. The van der Waals surface area contributed by atoms with E-state index in [9.17, 15) is 9.59 Å². The molecule has 0 aliphatic carbocycles. The summed E-state index contributed by atoms with van der Waals surface area (Å²) >= 11 is 0. The zero-order valence-corrected chi connectivity index (χ0v) is 14.2. The number of nitrogens with zero attached hydrogens (tertiary/aromatic N) is 3. The third-order valence-corrected chi connectivity index (χ3v) is 4.85. The molecule has 2 unspecified atom stereocenters. The lowest BCUT2D eigenvalue weighted by atomic mass is 9.94. The van der Waals surface area contributed by atoms with Crippen molar-refractivity contribution in [3.8, 4) is 0 Å². The molecule has 1 amide bonds. The molecule has 2 bridgehead atoms. The number of likely N-dealkylation sites (tertiary alicyclic amines) is 1. The van der Waals surface area contributed by atoms with Crippen molar-refractivity contribution in [2.24, 2.45) is 0 Å². The number of nitrogens with one attached hydrogen (secondary N) is 1. The predicted molar refractivity (Wildman–Crippen MR) is 94.4 cm³/mol. The molecule has 1 aromatic heterocycles. The van der Waals surface area contributed by atoms with Crippen LogP contribution in [-0.2, 0) is 11.3 Å². The first-order valence-electron chi connectivity index (χ1n) is 8.19. The molecular weight excluding hydrogens is 328 g/mol. The van der Waals surface area contributed by atoms with E-state index >= 15 is 0 Å². The van der Waals surface area contributed by atoms with Crippen molar-refractivity contribution < 1.29 is 4.79 Å². The molecule has 4 rings (SSSR count). The molecular formula is C17H21ClN4O2. The van der Waals surface area contributed by atoms with Crippen molar-refractivity contribution in [3.63, 3.8) is 0 Å². The summed E-state index contributed by atoms with van der Waals surface area (Å²) in [5.41, 5.74) is 0.511. The fraction of sp³-hybridized carbons (Fsp3) is 0.471. The van der Waals surface area contributed by atoms with Gasteiger partial charge in [0.15, 0.2) is 0 Å². The number of hydrogen-bond acceptors (Lipinski definition) is 4. The number of hydrogen-bond donors (Lipinski definition) is 1. The highest BCUT2D eigenvalue weighted by molar-refractivity contribution is 5.85. The third-order valence-electron chi connectivity index (χ3n) is 4.85. The summed E-state index contributed by atoms with van der Waals surface area (Å²) in [5.74, 6) is 0.00239. The van der Waals surface area contributed by atoms with E-state index < -0.39 is 0 Å². The molecule has 2 aliphatic rings. The summed E-state index contributed by atoms with van der Waals surface area (Å²) < 4.78 is 1.42. The van der Waals surface area contributed by atoms with E-state index in [1.165, 1.54) is 17.3 Å². The van der Waals surface area contributed by atoms with Gasteiger partial charge in [-0.25, -0.2) is 4.98 Å². The summed E-state index contributed by atoms with van der Waals surface area (Å²) in [6.45, 7) is 1.55. The van der Waals surface area contributed by atoms with Crippen molar-refractivity contribution >= 4 is 29.2 Å². The number of aromatic nitrogens is 2. The Morgan fingerprint density at radius 3 is 2.67 bits per heavy atom. The van der Waals surface area contributed by atoms with Crippen LogP contribution in [-0.4, -0.2) is 45.5 Å². The van der Waals surface area contributed by atoms with Gasteiger partial charge in [0.05, 0.1) is 17.2 Å². The maximum Gasteiger partial charge on any atom is 0.261 e. The van der Waals surface area contributed by atoms with Gasteiger partial charge in [0, 0.05) is 25.2 Å². The molecule has 0 spiro atoms. The number of carbonyl (C=O) groups is 1. The van der Waals surface area contributed by atoms with Crippen molar-refractivity contribution in [2.75, 3.05) is 13.1 Å². The quantitative estimate of drug-likeness (QED) is 0.884. The minimum absolute atomic E-state index is 0. The number of fused-ring (bicyclic) bond motifs is 3. The van der Waals surface area contributed by atoms with Gasteiger partial charge >= 0.3 is 0 Å². The number of piperidine rings is 1. The molecule has 6 nitrogen and oxygen atoms in total. The van der Waals surface area contributed by atoms with Crippen LogP contribution in [0.2, 0.25) is 0 Å². The molecule has 24 heavy (non-hydrogen) atoms. The van der Waals surface area contributed by atoms with Gasteiger partial charge in [-0.3, -0.25) is 14.2 Å². The van der Waals surface area contributed by atoms with Crippen molar-refractivity contribution in [3.05, 3.63) is 40.9 Å². The van der Waals surface area contributed by atoms with Gasteiger partial charge in [0.1, 0.15) is 6.54 Å². The average Bonchev–Trinajstić information content (AvgIpc) is 2.57.